The van der Waals surface area contributed by atoms with Gasteiger partial charge in [-0.3, -0.25) is 4.79 Å². The van der Waals surface area contributed by atoms with E-state index in [0.717, 1.165) is 5.56 Å². The third kappa shape index (κ3) is 4.48. The van der Waals surface area contributed by atoms with Crippen LogP contribution in [0.2, 0.25) is 0 Å². The lowest BCUT2D eigenvalue weighted by Crippen LogP contribution is -2.39. The van der Waals surface area contributed by atoms with Gasteiger partial charge in [0.1, 0.15) is 5.82 Å². The van der Waals surface area contributed by atoms with Gasteiger partial charge in [0, 0.05) is 13.1 Å². The first-order valence-corrected chi connectivity index (χ1v) is 6.46. The summed E-state index contributed by atoms with van der Waals surface area (Å²) in [6.45, 7) is 8.98. The number of carbonyl (C=O) groups is 1. The molecule has 1 atom stereocenters. The lowest BCUT2D eigenvalue weighted by molar-refractivity contribution is -0.132. The van der Waals surface area contributed by atoms with E-state index in [4.69, 9.17) is 0 Å². The van der Waals surface area contributed by atoms with Gasteiger partial charge in [0.15, 0.2) is 0 Å². The summed E-state index contributed by atoms with van der Waals surface area (Å²) in [6, 6.07) is 6.20. The molecule has 0 aliphatic carbocycles. The van der Waals surface area contributed by atoms with E-state index in [1.165, 1.54) is 12.1 Å². The molecule has 0 saturated carbocycles. The number of nitrogens with zero attached hydrogens (tertiary/aromatic N) is 1. The van der Waals surface area contributed by atoms with Crippen LogP contribution in [0.5, 0.6) is 0 Å². The lowest BCUT2D eigenvalue weighted by atomic mass is 10.1. The van der Waals surface area contributed by atoms with Gasteiger partial charge >= 0.3 is 0 Å². The number of rotatable bonds is 7. The average Bonchev–Trinajstić information content (AvgIpc) is 2.40. The molecule has 19 heavy (non-hydrogen) atoms. The minimum absolute atomic E-state index is 0.0289. The zero-order valence-electron chi connectivity index (χ0n) is 11.5. The molecule has 1 amide bonds. The zero-order chi connectivity index (χ0) is 14.3. The highest BCUT2D eigenvalue weighted by Crippen LogP contribution is 2.20. The molecule has 4 heteroatoms. The van der Waals surface area contributed by atoms with Crippen molar-refractivity contribution >= 4 is 5.91 Å². The Kier molecular flexibility index (Phi) is 6.22. The third-order valence-electron chi connectivity index (χ3n) is 3.05. The van der Waals surface area contributed by atoms with Crippen molar-refractivity contribution in [2.45, 2.75) is 19.9 Å². The Morgan fingerprint density at radius 3 is 2.63 bits per heavy atom. The molecule has 104 valence electrons. The van der Waals surface area contributed by atoms with Gasteiger partial charge in [-0.2, -0.15) is 0 Å². The van der Waals surface area contributed by atoms with Gasteiger partial charge in [-0.25, -0.2) is 4.39 Å². The van der Waals surface area contributed by atoms with Crippen molar-refractivity contribution in [3.63, 3.8) is 0 Å². The largest absolute Gasteiger partial charge is 0.335 e. The van der Waals surface area contributed by atoms with Gasteiger partial charge in [-0.15, -0.1) is 6.58 Å². The third-order valence-corrected chi connectivity index (χ3v) is 3.05. The molecule has 1 aromatic carbocycles. The Balaban J connectivity index is 2.70. The van der Waals surface area contributed by atoms with Crippen molar-refractivity contribution in [2.75, 3.05) is 19.6 Å². The second kappa shape index (κ2) is 7.69. The predicted molar refractivity (Wildman–Crippen MR) is 75.3 cm³/mol. The number of benzene rings is 1. The number of nitrogens with one attached hydrogen (secondary N) is 1. The highest BCUT2D eigenvalue weighted by Gasteiger charge is 2.19. The SMILES string of the molecule is C=CCNCC(=O)N(CC)C(C)c1ccc(F)cc1. The van der Waals surface area contributed by atoms with E-state index in [0.29, 0.717) is 13.1 Å². The molecule has 0 aromatic heterocycles. The number of halogens is 1. The summed E-state index contributed by atoms with van der Waals surface area (Å²) < 4.78 is 12.9. The van der Waals surface area contributed by atoms with E-state index in [-0.39, 0.29) is 24.3 Å². The van der Waals surface area contributed by atoms with Crippen molar-refractivity contribution in [2.24, 2.45) is 0 Å². The minimum Gasteiger partial charge on any atom is -0.335 e. The van der Waals surface area contributed by atoms with E-state index in [9.17, 15) is 9.18 Å². The molecule has 0 saturated heterocycles. The molecule has 0 fully saturated rings. The second-order valence-electron chi connectivity index (χ2n) is 4.33. The zero-order valence-corrected chi connectivity index (χ0v) is 11.5. The second-order valence-corrected chi connectivity index (χ2v) is 4.33. The average molecular weight is 264 g/mol. The van der Waals surface area contributed by atoms with Crippen LogP contribution in [0, 0.1) is 5.82 Å². The van der Waals surface area contributed by atoms with E-state index in [1.54, 1.807) is 23.1 Å². The fourth-order valence-corrected chi connectivity index (χ4v) is 1.97. The number of amides is 1. The standard InChI is InChI=1S/C15H21FN2O/c1-4-10-17-11-15(19)18(5-2)12(3)13-6-8-14(16)9-7-13/h4,6-9,12,17H,1,5,10-11H2,2-3H3. The molecule has 0 spiro atoms. The Labute approximate surface area is 114 Å². The van der Waals surface area contributed by atoms with E-state index < -0.39 is 0 Å². The van der Waals surface area contributed by atoms with Gasteiger partial charge < -0.3 is 10.2 Å². The van der Waals surface area contributed by atoms with Crippen molar-refractivity contribution < 1.29 is 9.18 Å². The Bertz CT molecular complexity index is 417. The van der Waals surface area contributed by atoms with Crippen LogP contribution < -0.4 is 5.32 Å². The number of carbonyl (C=O) groups excluding carboxylic acids is 1. The van der Waals surface area contributed by atoms with Crippen molar-refractivity contribution in [1.82, 2.24) is 10.2 Å². The first kappa shape index (κ1) is 15.4. The van der Waals surface area contributed by atoms with Gasteiger partial charge in [0.05, 0.1) is 12.6 Å². The number of likely N-dealkylation sites (N-methyl/N-ethyl adjacent to an activating group) is 1. The molecule has 3 nitrogen and oxygen atoms in total. The topological polar surface area (TPSA) is 32.3 Å². The highest BCUT2D eigenvalue weighted by atomic mass is 19.1. The monoisotopic (exact) mass is 264 g/mol. The molecule has 1 unspecified atom stereocenters. The summed E-state index contributed by atoms with van der Waals surface area (Å²) >= 11 is 0. The smallest absolute Gasteiger partial charge is 0.237 e. The van der Waals surface area contributed by atoms with Crippen LogP contribution in [0.1, 0.15) is 25.5 Å². The maximum absolute atomic E-state index is 12.9. The van der Waals surface area contributed by atoms with Crippen LogP contribution in [0.15, 0.2) is 36.9 Å². The van der Waals surface area contributed by atoms with Gasteiger partial charge in [0.25, 0.3) is 0 Å². The van der Waals surface area contributed by atoms with E-state index >= 15 is 0 Å². The van der Waals surface area contributed by atoms with Crippen molar-refractivity contribution in [3.05, 3.63) is 48.3 Å². The van der Waals surface area contributed by atoms with Crippen LogP contribution in [0.3, 0.4) is 0 Å². The Morgan fingerprint density at radius 1 is 1.47 bits per heavy atom. The summed E-state index contributed by atoms with van der Waals surface area (Å²) in [6.07, 6.45) is 1.72. The fraction of sp³-hybridized carbons (Fsp3) is 0.400. The van der Waals surface area contributed by atoms with Crippen LogP contribution in [-0.4, -0.2) is 30.4 Å². The van der Waals surface area contributed by atoms with Crippen molar-refractivity contribution in [3.8, 4) is 0 Å². The summed E-state index contributed by atoms with van der Waals surface area (Å²) in [5.74, 6) is -0.237. The number of hydrogen-bond donors (Lipinski definition) is 1. The highest BCUT2D eigenvalue weighted by molar-refractivity contribution is 5.78. The first-order chi connectivity index (χ1) is 9.10. The molecule has 1 rings (SSSR count). The molecule has 0 radical (unpaired) electrons. The fourth-order valence-electron chi connectivity index (χ4n) is 1.97. The van der Waals surface area contributed by atoms with Crippen molar-refractivity contribution in [1.29, 1.82) is 0 Å². The molecular formula is C15H21FN2O. The first-order valence-electron chi connectivity index (χ1n) is 6.46. The minimum atomic E-state index is -0.266. The van der Waals surface area contributed by atoms with Crippen LogP contribution in [-0.2, 0) is 4.79 Å². The normalized spacial score (nSPS) is 11.9. The molecule has 0 bridgehead atoms. The maximum atomic E-state index is 12.9. The Morgan fingerprint density at radius 2 is 2.11 bits per heavy atom. The van der Waals surface area contributed by atoms with Crippen LogP contribution in [0.4, 0.5) is 4.39 Å². The Hall–Kier alpha value is -1.68. The van der Waals surface area contributed by atoms with Gasteiger partial charge in [0.2, 0.25) is 5.91 Å². The summed E-state index contributed by atoms with van der Waals surface area (Å²) in [4.78, 5) is 13.9. The lowest BCUT2D eigenvalue weighted by Gasteiger charge is -2.28. The quantitative estimate of drug-likeness (QED) is 0.606. The molecule has 1 aromatic rings. The van der Waals surface area contributed by atoms with E-state index in [1.807, 2.05) is 13.8 Å². The molecule has 1 N–H and O–H groups in total. The predicted octanol–water partition coefficient (Wildman–Crippen LogP) is 2.51. The summed E-state index contributed by atoms with van der Waals surface area (Å²) in [5.41, 5.74) is 0.931. The molecule has 0 aliphatic rings. The molecule has 0 heterocycles. The molecular weight excluding hydrogens is 243 g/mol. The summed E-state index contributed by atoms with van der Waals surface area (Å²) in [7, 11) is 0. The van der Waals surface area contributed by atoms with E-state index in [2.05, 4.69) is 11.9 Å². The van der Waals surface area contributed by atoms with Crippen LogP contribution >= 0.6 is 0 Å². The molecule has 0 aliphatic heterocycles. The van der Waals surface area contributed by atoms with Crippen LogP contribution in [0.25, 0.3) is 0 Å². The maximum Gasteiger partial charge on any atom is 0.237 e. The van der Waals surface area contributed by atoms with Gasteiger partial charge in [-0.1, -0.05) is 18.2 Å². The summed E-state index contributed by atoms with van der Waals surface area (Å²) in [5, 5.41) is 3.00. The van der Waals surface area contributed by atoms with Gasteiger partial charge in [-0.05, 0) is 31.5 Å². The number of hydrogen-bond acceptors (Lipinski definition) is 2.